The highest BCUT2D eigenvalue weighted by molar-refractivity contribution is 7.98. The number of hydrogen-bond acceptors (Lipinski definition) is 4. The fourth-order valence-corrected chi connectivity index (χ4v) is 5.16. The Balaban J connectivity index is 1.45. The number of amides is 3. The molecule has 1 saturated heterocycles. The lowest BCUT2D eigenvalue weighted by molar-refractivity contribution is 0.0949. The summed E-state index contributed by atoms with van der Waals surface area (Å²) in [5.41, 5.74) is 4.19. The van der Waals surface area contributed by atoms with Crippen LogP contribution in [0.15, 0.2) is 77.7 Å². The molecule has 0 saturated carbocycles. The number of thioether (sulfide) groups is 1. The average Bonchev–Trinajstić information content (AvgIpc) is 2.93. The molecule has 0 aliphatic carbocycles. The van der Waals surface area contributed by atoms with Crippen LogP contribution in [-0.4, -0.2) is 37.8 Å². The maximum Gasteiger partial charge on any atom is 0.323 e. The molecule has 1 heterocycles. The van der Waals surface area contributed by atoms with Crippen LogP contribution < -0.4 is 20.9 Å². The van der Waals surface area contributed by atoms with E-state index in [1.807, 2.05) is 42.7 Å². The van der Waals surface area contributed by atoms with Crippen molar-refractivity contribution < 1.29 is 9.59 Å². The minimum absolute atomic E-state index is 0.114. The largest absolute Gasteiger partial charge is 0.371 e. The number of rotatable bonds is 9. The minimum atomic E-state index is -0.343. The van der Waals surface area contributed by atoms with Gasteiger partial charge in [-0.25, -0.2) is 4.79 Å². The zero-order valence-electron chi connectivity index (χ0n) is 22.5. The quantitative estimate of drug-likeness (QED) is 0.263. The number of hydrogen-bond donors (Lipinski definition) is 3. The predicted octanol–water partition coefficient (Wildman–Crippen LogP) is 6.90. The fourth-order valence-electron chi connectivity index (χ4n) is 4.76. The normalized spacial score (nSPS) is 13.8. The van der Waals surface area contributed by atoms with Crippen molar-refractivity contribution in [3.8, 4) is 0 Å². The Kier molecular flexibility index (Phi) is 9.71. The highest BCUT2D eigenvalue weighted by Gasteiger charge is 2.24. The predicted molar refractivity (Wildman–Crippen MR) is 160 cm³/mol. The summed E-state index contributed by atoms with van der Waals surface area (Å²) in [4.78, 5) is 29.3. The van der Waals surface area contributed by atoms with E-state index in [0.29, 0.717) is 35.3 Å². The summed E-state index contributed by atoms with van der Waals surface area (Å²) in [5, 5.41) is 8.81. The van der Waals surface area contributed by atoms with E-state index in [0.717, 1.165) is 42.9 Å². The van der Waals surface area contributed by atoms with E-state index in [9.17, 15) is 9.59 Å². The zero-order chi connectivity index (χ0) is 26.9. The van der Waals surface area contributed by atoms with Crippen LogP contribution in [0.3, 0.4) is 0 Å². The molecule has 3 amide bonds. The molecule has 0 unspecified atom stereocenters. The van der Waals surface area contributed by atoms with Gasteiger partial charge in [-0.3, -0.25) is 4.79 Å². The summed E-state index contributed by atoms with van der Waals surface area (Å²) in [6.45, 7) is 6.56. The van der Waals surface area contributed by atoms with Crippen molar-refractivity contribution in [3.05, 3.63) is 83.9 Å². The molecule has 3 aromatic carbocycles. The molecular weight excluding hydrogens is 492 g/mol. The number of anilines is 3. The van der Waals surface area contributed by atoms with E-state index < -0.39 is 0 Å². The third kappa shape index (κ3) is 7.78. The first-order valence-electron chi connectivity index (χ1n) is 13.3. The van der Waals surface area contributed by atoms with Crippen molar-refractivity contribution >= 4 is 40.8 Å². The minimum Gasteiger partial charge on any atom is -0.371 e. The second-order valence-corrected chi connectivity index (χ2v) is 11.1. The van der Waals surface area contributed by atoms with Gasteiger partial charge in [0.2, 0.25) is 0 Å². The van der Waals surface area contributed by atoms with Crippen LogP contribution >= 0.6 is 11.8 Å². The molecule has 1 aliphatic rings. The first-order chi connectivity index (χ1) is 18.4. The van der Waals surface area contributed by atoms with Crippen LogP contribution in [0.2, 0.25) is 0 Å². The Bertz CT molecular complexity index is 1210. The van der Waals surface area contributed by atoms with Gasteiger partial charge in [-0.2, -0.15) is 0 Å². The maximum atomic E-state index is 13.2. The smallest absolute Gasteiger partial charge is 0.323 e. The molecule has 0 spiro atoms. The molecule has 6 nitrogen and oxygen atoms in total. The van der Waals surface area contributed by atoms with Gasteiger partial charge >= 0.3 is 6.03 Å². The van der Waals surface area contributed by atoms with Crippen LogP contribution in [0.1, 0.15) is 42.6 Å². The average molecular weight is 531 g/mol. The molecule has 0 radical (unpaired) electrons. The van der Waals surface area contributed by atoms with Gasteiger partial charge in [0.1, 0.15) is 0 Å². The summed E-state index contributed by atoms with van der Waals surface area (Å²) in [7, 11) is 0. The van der Waals surface area contributed by atoms with Crippen LogP contribution in [0, 0.1) is 11.8 Å². The molecule has 0 atom stereocenters. The Hall–Kier alpha value is -3.45. The Morgan fingerprint density at radius 2 is 1.58 bits per heavy atom. The van der Waals surface area contributed by atoms with Gasteiger partial charge in [-0.15, -0.1) is 11.8 Å². The van der Waals surface area contributed by atoms with E-state index in [4.69, 9.17) is 0 Å². The van der Waals surface area contributed by atoms with Gasteiger partial charge in [-0.1, -0.05) is 44.2 Å². The van der Waals surface area contributed by atoms with Gasteiger partial charge in [0, 0.05) is 41.6 Å². The van der Waals surface area contributed by atoms with Crippen LogP contribution in [0.5, 0.6) is 0 Å². The number of benzene rings is 3. The second kappa shape index (κ2) is 13.4. The summed E-state index contributed by atoms with van der Waals surface area (Å²) in [5.74, 6) is 0.874. The third-order valence-corrected chi connectivity index (χ3v) is 7.58. The highest BCUT2D eigenvalue weighted by Crippen LogP contribution is 2.30. The zero-order valence-corrected chi connectivity index (χ0v) is 23.3. The fraction of sp³-hybridized carbons (Fsp3) is 0.355. The molecule has 3 N–H and O–H groups in total. The van der Waals surface area contributed by atoms with Crippen LogP contribution in [0.4, 0.5) is 21.9 Å². The molecule has 200 valence electrons. The van der Waals surface area contributed by atoms with E-state index in [2.05, 4.69) is 65.0 Å². The van der Waals surface area contributed by atoms with E-state index in [-0.39, 0.29) is 11.9 Å². The molecule has 38 heavy (non-hydrogen) atoms. The van der Waals surface area contributed by atoms with E-state index >= 15 is 0 Å². The Morgan fingerprint density at radius 1 is 0.921 bits per heavy atom. The topological polar surface area (TPSA) is 73.5 Å². The SMILES string of the molecule is CSc1ccc(NC(=O)Nc2ccc(N3CCC(Cc4ccccc4)CC3)c(C(=O)NCC(C)C)c2)cc1. The lowest BCUT2D eigenvalue weighted by Gasteiger charge is -2.35. The monoisotopic (exact) mass is 530 g/mol. The molecule has 1 aliphatic heterocycles. The van der Waals surface area contributed by atoms with E-state index in [1.165, 1.54) is 5.56 Å². The van der Waals surface area contributed by atoms with Crippen LogP contribution in [-0.2, 0) is 6.42 Å². The van der Waals surface area contributed by atoms with Crippen molar-refractivity contribution in [2.45, 2.75) is 38.0 Å². The van der Waals surface area contributed by atoms with Gasteiger partial charge < -0.3 is 20.9 Å². The van der Waals surface area contributed by atoms with E-state index in [1.54, 1.807) is 17.8 Å². The molecule has 3 aromatic rings. The van der Waals surface area contributed by atoms with Gasteiger partial charge in [0.25, 0.3) is 5.91 Å². The maximum absolute atomic E-state index is 13.2. The summed E-state index contributed by atoms with van der Waals surface area (Å²) >= 11 is 1.65. The van der Waals surface area contributed by atoms with Crippen molar-refractivity contribution in [1.29, 1.82) is 0 Å². The van der Waals surface area contributed by atoms with Gasteiger partial charge in [-0.05, 0) is 85.4 Å². The summed E-state index contributed by atoms with van der Waals surface area (Å²) in [6.07, 6.45) is 5.27. The van der Waals surface area contributed by atoms with Crippen molar-refractivity contribution in [3.63, 3.8) is 0 Å². The van der Waals surface area contributed by atoms with Crippen molar-refractivity contribution in [1.82, 2.24) is 5.32 Å². The number of nitrogens with one attached hydrogen (secondary N) is 3. The molecule has 1 fully saturated rings. The molecular formula is C31H38N4O2S. The molecule has 4 rings (SSSR count). The number of nitrogens with zero attached hydrogens (tertiary/aromatic N) is 1. The molecule has 7 heteroatoms. The van der Waals surface area contributed by atoms with Crippen molar-refractivity contribution in [2.24, 2.45) is 11.8 Å². The van der Waals surface area contributed by atoms with Gasteiger partial charge in [0.05, 0.1) is 5.56 Å². The number of carbonyl (C=O) groups excluding carboxylic acids is 2. The number of piperidine rings is 1. The highest BCUT2D eigenvalue weighted by atomic mass is 32.2. The summed E-state index contributed by atoms with van der Waals surface area (Å²) in [6, 6.07) is 23.6. The van der Waals surface area contributed by atoms with Gasteiger partial charge in [0.15, 0.2) is 0 Å². The lowest BCUT2D eigenvalue weighted by Crippen LogP contribution is -2.36. The Morgan fingerprint density at radius 3 is 2.24 bits per heavy atom. The van der Waals surface area contributed by atoms with Crippen molar-refractivity contribution in [2.75, 3.05) is 41.4 Å². The van der Waals surface area contributed by atoms with Crippen LogP contribution in [0.25, 0.3) is 0 Å². The first kappa shape index (κ1) is 27.6. The standard InChI is InChI=1S/C31H38N4O2S/c1-22(2)21-32-30(36)28-20-26(34-31(37)33-25-9-12-27(38-3)13-10-25)11-14-29(28)35-17-15-24(16-18-35)19-23-7-5-4-6-8-23/h4-14,20,22,24H,15-19,21H2,1-3H3,(H,32,36)(H2,33,34,37). The first-order valence-corrected chi connectivity index (χ1v) is 14.6. The lowest BCUT2D eigenvalue weighted by atomic mass is 9.89. The molecule has 0 bridgehead atoms. The number of carbonyl (C=O) groups is 2. The Labute approximate surface area is 230 Å². The second-order valence-electron chi connectivity index (χ2n) is 10.3. The summed E-state index contributed by atoms with van der Waals surface area (Å²) < 4.78 is 0. The number of urea groups is 1. The third-order valence-electron chi connectivity index (χ3n) is 6.84. The molecule has 0 aromatic heterocycles.